The minimum atomic E-state index is -0.909. The SMILES string of the molecule is O=C(Nc1cc(C(=O)N2CCc3ccccc3CC2)c(F)cc1F)C1CCCC1. The molecule has 2 aliphatic rings. The van der Waals surface area contributed by atoms with Crippen molar-refractivity contribution in [1.82, 2.24) is 4.90 Å². The topological polar surface area (TPSA) is 49.4 Å². The van der Waals surface area contributed by atoms with Crippen LogP contribution in [0.4, 0.5) is 14.5 Å². The normalized spacial score (nSPS) is 17.0. The van der Waals surface area contributed by atoms with Gasteiger partial charge >= 0.3 is 0 Å². The molecular weight excluding hydrogens is 374 g/mol. The molecule has 1 saturated carbocycles. The lowest BCUT2D eigenvalue weighted by atomic mass is 10.0. The molecule has 4 nitrogen and oxygen atoms in total. The predicted octanol–water partition coefficient (Wildman–Crippen LogP) is 4.33. The van der Waals surface area contributed by atoms with Gasteiger partial charge in [0.05, 0.1) is 11.3 Å². The quantitative estimate of drug-likeness (QED) is 0.836. The number of halogens is 2. The van der Waals surface area contributed by atoms with Crippen molar-refractivity contribution in [3.05, 3.63) is 64.7 Å². The molecule has 0 saturated heterocycles. The van der Waals surface area contributed by atoms with Gasteiger partial charge in [0.1, 0.15) is 11.6 Å². The Morgan fingerprint density at radius 2 is 1.55 bits per heavy atom. The van der Waals surface area contributed by atoms with Crippen LogP contribution in [0.5, 0.6) is 0 Å². The number of carbonyl (C=O) groups excluding carboxylic acids is 2. The third kappa shape index (κ3) is 4.16. The van der Waals surface area contributed by atoms with Crippen molar-refractivity contribution in [2.75, 3.05) is 18.4 Å². The van der Waals surface area contributed by atoms with E-state index in [-0.39, 0.29) is 23.1 Å². The molecule has 4 rings (SSSR count). The van der Waals surface area contributed by atoms with Crippen LogP contribution in [0.25, 0.3) is 0 Å². The molecule has 0 radical (unpaired) electrons. The molecule has 6 heteroatoms. The molecule has 2 aromatic rings. The summed E-state index contributed by atoms with van der Waals surface area (Å²) < 4.78 is 28.7. The van der Waals surface area contributed by atoms with Crippen LogP contribution in [0, 0.1) is 17.6 Å². The maximum absolute atomic E-state index is 14.4. The number of amides is 2. The zero-order valence-corrected chi connectivity index (χ0v) is 16.2. The molecule has 1 aliphatic heterocycles. The summed E-state index contributed by atoms with van der Waals surface area (Å²) >= 11 is 0. The fourth-order valence-corrected chi connectivity index (χ4v) is 4.27. The van der Waals surface area contributed by atoms with Gasteiger partial charge in [-0.25, -0.2) is 8.78 Å². The van der Waals surface area contributed by atoms with Crippen LogP contribution in [0.1, 0.15) is 47.2 Å². The van der Waals surface area contributed by atoms with Crippen LogP contribution < -0.4 is 5.32 Å². The van der Waals surface area contributed by atoms with Gasteiger partial charge in [-0.1, -0.05) is 37.1 Å². The lowest BCUT2D eigenvalue weighted by Gasteiger charge is -2.21. The molecule has 0 bridgehead atoms. The minimum Gasteiger partial charge on any atom is -0.338 e. The van der Waals surface area contributed by atoms with Crippen molar-refractivity contribution >= 4 is 17.5 Å². The van der Waals surface area contributed by atoms with E-state index < -0.39 is 17.5 Å². The molecule has 1 N–H and O–H groups in total. The maximum atomic E-state index is 14.4. The summed E-state index contributed by atoms with van der Waals surface area (Å²) in [6.45, 7) is 0.937. The van der Waals surface area contributed by atoms with E-state index in [1.807, 2.05) is 24.3 Å². The third-order valence-electron chi connectivity index (χ3n) is 5.98. The van der Waals surface area contributed by atoms with Crippen molar-refractivity contribution < 1.29 is 18.4 Å². The smallest absolute Gasteiger partial charge is 0.256 e. The third-order valence-corrected chi connectivity index (χ3v) is 5.98. The zero-order valence-electron chi connectivity index (χ0n) is 16.2. The molecule has 2 aromatic carbocycles. The van der Waals surface area contributed by atoms with Gasteiger partial charge in [-0.3, -0.25) is 9.59 Å². The Bertz CT molecular complexity index is 911. The van der Waals surface area contributed by atoms with E-state index in [4.69, 9.17) is 0 Å². The van der Waals surface area contributed by atoms with Gasteiger partial charge in [0.25, 0.3) is 5.91 Å². The number of nitrogens with one attached hydrogen (secondary N) is 1. The molecule has 1 fully saturated rings. The molecule has 0 aromatic heterocycles. The van der Waals surface area contributed by atoms with Gasteiger partial charge < -0.3 is 10.2 Å². The number of anilines is 1. The monoisotopic (exact) mass is 398 g/mol. The summed E-state index contributed by atoms with van der Waals surface area (Å²) in [6.07, 6.45) is 4.88. The molecule has 1 aliphatic carbocycles. The van der Waals surface area contributed by atoms with Crippen molar-refractivity contribution in [3.63, 3.8) is 0 Å². The first-order valence-corrected chi connectivity index (χ1v) is 10.2. The van der Waals surface area contributed by atoms with Gasteiger partial charge in [-0.2, -0.15) is 0 Å². The zero-order chi connectivity index (χ0) is 20.4. The van der Waals surface area contributed by atoms with Crippen LogP contribution in [-0.2, 0) is 17.6 Å². The second-order valence-electron chi connectivity index (χ2n) is 7.84. The van der Waals surface area contributed by atoms with Crippen molar-refractivity contribution in [2.24, 2.45) is 5.92 Å². The van der Waals surface area contributed by atoms with E-state index in [1.54, 1.807) is 4.90 Å². The summed E-state index contributed by atoms with van der Waals surface area (Å²) in [5, 5.41) is 2.55. The number of hydrogen-bond acceptors (Lipinski definition) is 2. The first-order chi connectivity index (χ1) is 14.0. The molecule has 0 unspecified atom stereocenters. The van der Waals surface area contributed by atoms with Gasteiger partial charge in [-0.05, 0) is 42.9 Å². The second-order valence-corrected chi connectivity index (χ2v) is 7.84. The maximum Gasteiger partial charge on any atom is 0.256 e. The largest absolute Gasteiger partial charge is 0.338 e. The second kappa shape index (κ2) is 8.31. The fraction of sp³-hybridized carbons (Fsp3) is 0.391. The van der Waals surface area contributed by atoms with E-state index in [2.05, 4.69) is 5.32 Å². The summed E-state index contributed by atoms with van der Waals surface area (Å²) in [7, 11) is 0. The Morgan fingerprint density at radius 1 is 0.931 bits per heavy atom. The number of nitrogens with zero attached hydrogens (tertiary/aromatic N) is 1. The summed E-state index contributed by atoms with van der Waals surface area (Å²) in [5.74, 6) is -2.67. The lowest BCUT2D eigenvalue weighted by Crippen LogP contribution is -2.34. The summed E-state index contributed by atoms with van der Waals surface area (Å²) in [4.78, 5) is 26.9. The highest BCUT2D eigenvalue weighted by Gasteiger charge is 2.26. The highest BCUT2D eigenvalue weighted by Crippen LogP contribution is 2.28. The van der Waals surface area contributed by atoms with Gasteiger partial charge in [0.2, 0.25) is 5.91 Å². The average molecular weight is 398 g/mol. The van der Waals surface area contributed by atoms with Gasteiger partial charge in [0.15, 0.2) is 0 Å². The standard InChI is InChI=1S/C23H24F2N2O2/c24-19-14-20(25)21(26-22(28)17-7-3-4-8-17)13-18(19)23(29)27-11-9-15-5-1-2-6-16(15)10-12-27/h1-2,5-6,13-14,17H,3-4,7-12H2,(H,26,28). The Balaban J connectivity index is 1.53. The van der Waals surface area contributed by atoms with E-state index in [0.29, 0.717) is 32.0 Å². The van der Waals surface area contributed by atoms with E-state index >= 15 is 0 Å². The number of rotatable bonds is 3. The Kier molecular flexibility index (Phi) is 5.60. The van der Waals surface area contributed by atoms with Crippen LogP contribution in [-0.4, -0.2) is 29.8 Å². The highest BCUT2D eigenvalue weighted by atomic mass is 19.1. The number of carbonyl (C=O) groups is 2. The summed E-state index contributed by atoms with van der Waals surface area (Å²) in [5.41, 5.74) is 2.03. The highest BCUT2D eigenvalue weighted by molar-refractivity contribution is 5.98. The molecular formula is C23H24F2N2O2. The average Bonchev–Trinajstić information content (AvgIpc) is 3.17. The molecule has 1 heterocycles. The summed E-state index contributed by atoms with van der Waals surface area (Å²) in [6, 6.07) is 9.84. The fourth-order valence-electron chi connectivity index (χ4n) is 4.27. The van der Waals surface area contributed by atoms with Crippen molar-refractivity contribution in [3.8, 4) is 0 Å². The molecule has 2 amide bonds. The Morgan fingerprint density at radius 3 is 2.17 bits per heavy atom. The predicted molar refractivity (Wildman–Crippen MR) is 107 cm³/mol. The van der Waals surface area contributed by atoms with Crippen LogP contribution in [0.3, 0.4) is 0 Å². The van der Waals surface area contributed by atoms with Gasteiger partial charge in [-0.15, -0.1) is 0 Å². The van der Waals surface area contributed by atoms with E-state index in [0.717, 1.165) is 31.7 Å². The first kappa shape index (κ1) is 19.6. The van der Waals surface area contributed by atoms with E-state index in [1.165, 1.54) is 11.1 Å². The number of fused-ring (bicyclic) bond motifs is 1. The Labute approximate surface area is 168 Å². The van der Waals surface area contributed by atoms with E-state index in [9.17, 15) is 18.4 Å². The van der Waals surface area contributed by atoms with Crippen molar-refractivity contribution in [1.29, 1.82) is 0 Å². The van der Waals surface area contributed by atoms with Crippen LogP contribution >= 0.6 is 0 Å². The Hall–Kier alpha value is -2.76. The minimum absolute atomic E-state index is 0.134. The van der Waals surface area contributed by atoms with Crippen LogP contribution in [0.15, 0.2) is 36.4 Å². The first-order valence-electron chi connectivity index (χ1n) is 10.2. The lowest BCUT2D eigenvalue weighted by molar-refractivity contribution is -0.119. The molecule has 29 heavy (non-hydrogen) atoms. The molecule has 0 spiro atoms. The van der Waals surface area contributed by atoms with Gasteiger partial charge in [0, 0.05) is 25.1 Å². The number of hydrogen-bond donors (Lipinski definition) is 1. The number of benzene rings is 2. The van der Waals surface area contributed by atoms with Crippen LogP contribution in [0.2, 0.25) is 0 Å². The van der Waals surface area contributed by atoms with Crippen molar-refractivity contribution in [2.45, 2.75) is 38.5 Å². The molecule has 152 valence electrons. The molecule has 0 atom stereocenters.